The molecule has 27 heavy (non-hydrogen) atoms. The molecule has 0 aromatic heterocycles. The first-order valence-electron chi connectivity index (χ1n) is 7.91. The summed E-state index contributed by atoms with van der Waals surface area (Å²) >= 11 is 0. The summed E-state index contributed by atoms with van der Waals surface area (Å²) in [5.74, 6) is -4.13. The molecule has 0 radical (unpaired) electrons. The molecule has 0 spiro atoms. The molecule has 1 aliphatic heterocycles. The Kier molecular flexibility index (Phi) is 4.61. The van der Waals surface area contributed by atoms with Gasteiger partial charge in [-0.15, -0.1) is 0 Å². The van der Waals surface area contributed by atoms with Gasteiger partial charge in [-0.3, -0.25) is 4.79 Å². The Morgan fingerprint density at radius 2 is 1.78 bits per heavy atom. The van der Waals surface area contributed by atoms with E-state index < -0.39 is 23.6 Å². The van der Waals surface area contributed by atoms with Crippen LogP contribution in [0.2, 0.25) is 0 Å². The molecule has 1 heterocycles. The molecule has 5 nitrogen and oxygen atoms in total. The summed E-state index contributed by atoms with van der Waals surface area (Å²) in [6.45, 7) is 1.05. The number of fused-ring (bicyclic) bond motifs is 1. The van der Waals surface area contributed by atoms with Gasteiger partial charge in [0, 0.05) is 18.1 Å². The first-order chi connectivity index (χ1) is 12.7. The van der Waals surface area contributed by atoms with Gasteiger partial charge in [0.1, 0.15) is 17.2 Å². The second-order valence-corrected chi connectivity index (χ2v) is 5.90. The first kappa shape index (κ1) is 18.8. The van der Waals surface area contributed by atoms with Crippen LogP contribution in [0.5, 0.6) is 11.5 Å². The van der Waals surface area contributed by atoms with Gasteiger partial charge in [0.15, 0.2) is 0 Å². The molecule has 142 valence electrons. The second-order valence-electron chi connectivity index (χ2n) is 5.90. The third-order valence-electron chi connectivity index (χ3n) is 4.07. The number of methoxy groups -OCH3 is 1. The fraction of sp³-hybridized carbons (Fsp3) is 0.211. The highest BCUT2D eigenvalue weighted by atomic mass is 19.4. The topological polar surface area (TPSA) is 67.8 Å². The highest BCUT2D eigenvalue weighted by Gasteiger charge is 2.62. The number of nitrogens with one attached hydrogen (secondary N) is 1. The highest BCUT2D eigenvalue weighted by molar-refractivity contribution is 5.90. The Bertz CT molecular complexity index is 906. The number of aliphatic hydroxyl groups is 1. The predicted molar refractivity (Wildman–Crippen MR) is 90.9 cm³/mol. The summed E-state index contributed by atoms with van der Waals surface area (Å²) in [6, 6.07) is 12.2. The van der Waals surface area contributed by atoms with Crippen LogP contribution in [0.15, 0.2) is 54.2 Å². The van der Waals surface area contributed by atoms with Crippen molar-refractivity contribution in [1.29, 1.82) is 0 Å². The standard InChI is InChI=1S/C19H16F3NO4/c1-11(24)23-17-16(12-7-9-13(26-2)10-8-12)14-5-3-4-6-15(14)27-18(17,25)19(20,21)22/h3-10,25H,1-2H3,(H,23,24). The van der Waals surface area contributed by atoms with Crippen molar-refractivity contribution in [3.05, 3.63) is 65.4 Å². The van der Waals surface area contributed by atoms with E-state index in [1.807, 2.05) is 0 Å². The lowest BCUT2D eigenvalue weighted by Crippen LogP contribution is -2.57. The minimum Gasteiger partial charge on any atom is -0.497 e. The largest absolute Gasteiger partial charge is 0.497 e. The van der Waals surface area contributed by atoms with Gasteiger partial charge in [-0.05, 0) is 23.8 Å². The fourth-order valence-electron chi connectivity index (χ4n) is 2.86. The third-order valence-corrected chi connectivity index (χ3v) is 4.07. The number of carbonyl (C=O) groups is 1. The van der Waals surface area contributed by atoms with Gasteiger partial charge in [0.25, 0.3) is 0 Å². The van der Waals surface area contributed by atoms with Gasteiger partial charge in [0.2, 0.25) is 5.91 Å². The smallest absolute Gasteiger partial charge is 0.462 e. The van der Waals surface area contributed by atoms with Gasteiger partial charge in [-0.2, -0.15) is 13.2 Å². The Morgan fingerprint density at radius 3 is 2.33 bits per heavy atom. The Balaban J connectivity index is 2.35. The minimum atomic E-state index is -5.20. The van der Waals surface area contributed by atoms with Crippen molar-refractivity contribution in [2.45, 2.75) is 18.9 Å². The van der Waals surface area contributed by atoms with Gasteiger partial charge >= 0.3 is 12.0 Å². The quantitative estimate of drug-likeness (QED) is 0.859. The van der Waals surface area contributed by atoms with Crippen molar-refractivity contribution in [2.24, 2.45) is 0 Å². The van der Waals surface area contributed by atoms with E-state index in [0.29, 0.717) is 16.9 Å². The van der Waals surface area contributed by atoms with Crippen LogP contribution in [0, 0.1) is 0 Å². The lowest BCUT2D eigenvalue weighted by atomic mass is 9.89. The van der Waals surface area contributed by atoms with E-state index in [4.69, 9.17) is 9.47 Å². The predicted octanol–water partition coefficient (Wildman–Crippen LogP) is 3.23. The Morgan fingerprint density at radius 1 is 1.15 bits per heavy atom. The van der Waals surface area contributed by atoms with Crippen LogP contribution in [0.1, 0.15) is 18.1 Å². The molecule has 0 bridgehead atoms. The van der Waals surface area contributed by atoms with Crippen molar-refractivity contribution in [3.8, 4) is 11.5 Å². The molecular weight excluding hydrogens is 363 g/mol. The molecule has 2 N–H and O–H groups in total. The van der Waals surface area contributed by atoms with E-state index in [1.165, 1.54) is 31.4 Å². The zero-order chi connectivity index (χ0) is 19.8. The molecular formula is C19H16F3NO4. The molecule has 2 aromatic carbocycles. The summed E-state index contributed by atoms with van der Waals surface area (Å²) in [4.78, 5) is 11.6. The lowest BCUT2D eigenvalue weighted by Gasteiger charge is -2.38. The fourth-order valence-corrected chi connectivity index (χ4v) is 2.86. The molecule has 8 heteroatoms. The summed E-state index contributed by atoms with van der Waals surface area (Å²) < 4.78 is 51.2. The molecule has 0 fully saturated rings. The number of carbonyl (C=O) groups excluding carboxylic acids is 1. The number of benzene rings is 2. The maximum atomic E-state index is 13.7. The van der Waals surface area contributed by atoms with Gasteiger partial charge in [-0.1, -0.05) is 30.3 Å². The number of halogens is 3. The molecule has 0 saturated carbocycles. The number of hydrogen-bond acceptors (Lipinski definition) is 4. The van der Waals surface area contributed by atoms with Crippen molar-refractivity contribution in [2.75, 3.05) is 7.11 Å². The maximum absolute atomic E-state index is 13.7. The van der Waals surface area contributed by atoms with E-state index in [-0.39, 0.29) is 11.3 Å². The van der Waals surface area contributed by atoms with Crippen LogP contribution in [-0.2, 0) is 4.79 Å². The van der Waals surface area contributed by atoms with Gasteiger partial charge in [-0.25, -0.2) is 0 Å². The average molecular weight is 379 g/mol. The van der Waals surface area contributed by atoms with Gasteiger partial charge in [0.05, 0.1) is 7.11 Å². The molecule has 0 aliphatic carbocycles. The second kappa shape index (κ2) is 6.62. The van der Waals surface area contributed by atoms with Crippen molar-refractivity contribution in [3.63, 3.8) is 0 Å². The molecule has 1 atom stereocenters. The number of para-hydroxylation sites is 1. The summed E-state index contributed by atoms with van der Waals surface area (Å²) in [6.07, 6.45) is -5.20. The number of amides is 1. The van der Waals surface area contributed by atoms with E-state index in [1.54, 1.807) is 24.3 Å². The molecule has 1 unspecified atom stereocenters. The van der Waals surface area contributed by atoms with E-state index in [9.17, 15) is 23.1 Å². The SMILES string of the molecule is COc1ccc(C2=C(NC(C)=O)C(O)(C(F)(F)F)Oc3ccccc32)cc1. The zero-order valence-corrected chi connectivity index (χ0v) is 14.4. The lowest BCUT2D eigenvalue weighted by molar-refractivity contribution is -0.318. The highest BCUT2D eigenvalue weighted by Crippen LogP contribution is 2.48. The molecule has 1 amide bonds. The van der Waals surface area contributed by atoms with Crippen molar-refractivity contribution < 1.29 is 32.5 Å². The van der Waals surface area contributed by atoms with E-state index in [2.05, 4.69) is 5.32 Å². The zero-order valence-electron chi connectivity index (χ0n) is 14.4. The number of ether oxygens (including phenoxy) is 2. The molecule has 2 aromatic rings. The van der Waals surface area contributed by atoms with E-state index in [0.717, 1.165) is 6.92 Å². The maximum Gasteiger partial charge on any atom is 0.462 e. The van der Waals surface area contributed by atoms with E-state index >= 15 is 0 Å². The monoisotopic (exact) mass is 379 g/mol. The normalized spacial score (nSPS) is 19.2. The van der Waals surface area contributed by atoms with Crippen LogP contribution in [0.25, 0.3) is 5.57 Å². The summed E-state index contributed by atoms with van der Waals surface area (Å²) in [7, 11) is 1.46. The average Bonchev–Trinajstić information content (AvgIpc) is 2.61. The third kappa shape index (κ3) is 3.23. The van der Waals surface area contributed by atoms with Crippen LogP contribution < -0.4 is 14.8 Å². The Hall–Kier alpha value is -3.00. The first-order valence-corrected chi connectivity index (χ1v) is 7.91. The number of hydrogen-bond donors (Lipinski definition) is 2. The Labute approximate surface area is 153 Å². The van der Waals surface area contributed by atoms with Crippen molar-refractivity contribution in [1.82, 2.24) is 5.32 Å². The van der Waals surface area contributed by atoms with Crippen LogP contribution in [0.3, 0.4) is 0 Å². The number of alkyl halides is 3. The molecule has 0 saturated heterocycles. The summed E-state index contributed by atoms with van der Waals surface area (Å²) in [5, 5.41) is 12.6. The number of rotatable bonds is 3. The van der Waals surface area contributed by atoms with Gasteiger partial charge < -0.3 is 19.9 Å². The minimum absolute atomic E-state index is 0.00882. The van der Waals surface area contributed by atoms with Crippen molar-refractivity contribution >= 4 is 11.5 Å². The molecule has 3 rings (SSSR count). The van der Waals surface area contributed by atoms with Crippen LogP contribution >= 0.6 is 0 Å². The van der Waals surface area contributed by atoms with Crippen LogP contribution in [0.4, 0.5) is 13.2 Å². The molecule has 1 aliphatic rings. The van der Waals surface area contributed by atoms with Crippen LogP contribution in [-0.4, -0.2) is 30.1 Å². The summed E-state index contributed by atoms with van der Waals surface area (Å²) in [5.41, 5.74) is -0.126.